The summed E-state index contributed by atoms with van der Waals surface area (Å²) in [5.74, 6) is -1.28. The van der Waals surface area contributed by atoms with Crippen molar-refractivity contribution in [2.45, 2.75) is 25.7 Å². The van der Waals surface area contributed by atoms with Gasteiger partial charge in [0.25, 0.3) is 0 Å². The number of aromatic nitrogens is 2. The van der Waals surface area contributed by atoms with Crippen molar-refractivity contribution in [3.63, 3.8) is 0 Å². The molecule has 0 saturated carbocycles. The Bertz CT molecular complexity index is 1310. The number of nitrogens with zero attached hydrogens (tertiary/aromatic N) is 3. The van der Waals surface area contributed by atoms with E-state index in [-0.39, 0.29) is 21.3 Å². The number of hydrogen-bond acceptors (Lipinski definition) is 7. The summed E-state index contributed by atoms with van der Waals surface area (Å²) in [5, 5.41) is 2.70. The van der Waals surface area contributed by atoms with E-state index in [0.29, 0.717) is 11.3 Å². The van der Waals surface area contributed by atoms with Crippen molar-refractivity contribution < 1.29 is 22.7 Å². The monoisotopic (exact) mass is 495 g/mol. The third kappa shape index (κ3) is 4.63. The smallest absolute Gasteiger partial charge is 0.340 e. The van der Waals surface area contributed by atoms with Crippen LogP contribution in [0.25, 0.3) is 5.13 Å². The number of ketones is 1. The van der Waals surface area contributed by atoms with Gasteiger partial charge in [-0.05, 0) is 45.0 Å². The number of sulfonamides is 1. The molecule has 170 valence electrons. The molecule has 0 atom stereocenters. The third-order valence-electron chi connectivity index (χ3n) is 4.80. The Morgan fingerprint density at radius 3 is 2.44 bits per heavy atom. The van der Waals surface area contributed by atoms with Gasteiger partial charge in [-0.3, -0.25) is 9.36 Å². The molecule has 2 heterocycles. The van der Waals surface area contributed by atoms with Crippen LogP contribution in [0.4, 0.5) is 0 Å². The number of halogens is 1. The van der Waals surface area contributed by atoms with E-state index < -0.39 is 22.6 Å². The van der Waals surface area contributed by atoms with Crippen molar-refractivity contribution in [1.29, 1.82) is 0 Å². The molecule has 0 fully saturated rings. The molecule has 0 saturated heterocycles. The lowest BCUT2D eigenvalue weighted by Crippen LogP contribution is -2.22. The van der Waals surface area contributed by atoms with Crippen LogP contribution in [0.15, 0.2) is 34.5 Å². The number of Topliss-reactive ketones (excluding diaryl/α,β-unsaturated/α-hetero) is 1. The number of rotatable bonds is 7. The predicted molar refractivity (Wildman–Crippen MR) is 123 cm³/mol. The van der Waals surface area contributed by atoms with Gasteiger partial charge in [-0.1, -0.05) is 11.6 Å². The SMILES string of the molecule is Cc1csc(-n2c(C)cc(C(=O)COC(=O)c3cc(S(=O)(=O)N(C)C)ccc3Cl)c2C)n1. The Labute approximate surface area is 195 Å². The topological polar surface area (TPSA) is 98.6 Å². The summed E-state index contributed by atoms with van der Waals surface area (Å²) in [6.45, 7) is 5.04. The zero-order valence-corrected chi connectivity index (χ0v) is 20.6. The van der Waals surface area contributed by atoms with Crippen molar-refractivity contribution in [2.75, 3.05) is 20.7 Å². The highest BCUT2D eigenvalue weighted by atomic mass is 35.5. The molecule has 0 aliphatic carbocycles. The average molecular weight is 496 g/mol. The molecule has 3 rings (SSSR count). The van der Waals surface area contributed by atoms with Gasteiger partial charge in [-0.15, -0.1) is 11.3 Å². The molecule has 32 heavy (non-hydrogen) atoms. The molecule has 0 amide bonds. The lowest BCUT2D eigenvalue weighted by Gasteiger charge is -2.13. The third-order valence-corrected chi connectivity index (χ3v) is 7.88. The van der Waals surface area contributed by atoms with E-state index in [1.807, 2.05) is 23.8 Å². The molecule has 0 aliphatic heterocycles. The van der Waals surface area contributed by atoms with Crippen LogP contribution in [0.3, 0.4) is 0 Å². The molecule has 2 aromatic heterocycles. The molecule has 0 N–H and O–H groups in total. The number of ether oxygens (including phenoxy) is 1. The minimum Gasteiger partial charge on any atom is -0.454 e. The van der Waals surface area contributed by atoms with Crippen LogP contribution in [0, 0.1) is 20.8 Å². The van der Waals surface area contributed by atoms with Crippen molar-refractivity contribution >= 4 is 44.7 Å². The zero-order valence-electron chi connectivity index (χ0n) is 18.2. The molecule has 0 aliphatic rings. The Kier molecular flexibility index (Phi) is 6.89. The fraction of sp³-hybridized carbons (Fsp3) is 0.286. The maximum absolute atomic E-state index is 12.8. The van der Waals surface area contributed by atoms with E-state index in [1.54, 1.807) is 13.0 Å². The first-order valence-corrected chi connectivity index (χ1v) is 12.2. The van der Waals surface area contributed by atoms with Crippen LogP contribution in [-0.4, -0.2) is 54.7 Å². The molecule has 1 aromatic carbocycles. The van der Waals surface area contributed by atoms with Gasteiger partial charge in [-0.2, -0.15) is 0 Å². The fourth-order valence-electron chi connectivity index (χ4n) is 3.10. The average Bonchev–Trinajstić information content (AvgIpc) is 3.27. The Morgan fingerprint density at radius 1 is 1.16 bits per heavy atom. The molecule has 11 heteroatoms. The predicted octanol–water partition coefficient (Wildman–Crippen LogP) is 3.80. The maximum atomic E-state index is 12.8. The molecule has 3 aromatic rings. The lowest BCUT2D eigenvalue weighted by molar-refractivity contribution is 0.0474. The number of carbonyl (C=O) groups is 2. The van der Waals surface area contributed by atoms with E-state index in [9.17, 15) is 18.0 Å². The van der Waals surface area contributed by atoms with Crippen LogP contribution < -0.4 is 0 Å². The minimum atomic E-state index is -3.76. The highest BCUT2D eigenvalue weighted by molar-refractivity contribution is 7.89. The van der Waals surface area contributed by atoms with Gasteiger partial charge in [0.05, 0.1) is 21.2 Å². The van der Waals surface area contributed by atoms with Crippen LogP contribution >= 0.6 is 22.9 Å². The van der Waals surface area contributed by atoms with E-state index in [1.165, 1.54) is 37.6 Å². The van der Waals surface area contributed by atoms with Gasteiger partial charge in [0.15, 0.2) is 11.7 Å². The number of thiazole rings is 1. The second-order valence-electron chi connectivity index (χ2n) is 7.32. The van der Waals surface area contributed by atoms with Gasteiger partial charge in [0.2, 0.25) is 15.8 Å². The summed E-state index contributed by atoms with van der Waals surface area (Å²) in [4.78, 5) is 29.7. The molecule has 0 unspecified atom stereocenters. The number of carbonyl (C=O) groups excluding carboxylic acids is 2. The number of esters is 1. The fourth-order valence-corrected chi connectivity index (χ4v) is 5.14. The quantitative estimate of drug-likeness (QED) is 0.365. The largest absolute Gasteiger partial charge is 0.454 e. The second-order valence-corrected chi connectivity index (χ2v) is 10.7. The van der Waals surface area contributed by atoms with Crippen LogP contribution in [0.2, 0.25) is 5.02 Å². The number of hydrogen-bond donors (Lipinski definition) is 0. The van der Waals surface area contributed by atoms with Gasteiger partial charge in [-0.25, -0.2) is 22.5 Å². The Balaban J connectivity index is 1.80. The first-order valence-electron chi connectivity index (χ1n) is 9.47. The van der Waals surface area contributed by atoms with Crippen LogP contribution in [-0.2, 0) is 14.8 Å². The van der Waals surface area contributed by atoms with Gasteiger partial charge in [0.1, 0.15) is 0 Å². The van der Waals surface area contributed by atoms with E-state index in [2.05, 4.69) is 4.98 Å². The summed E-state index contributed by atoms with van der Waals surface area (Å²) in [6.07, 6.45) is 0. The Morgan fingerprint density at radius 2 is 1.84 bits per heavy atom. The standard InChI is InChI=1S/C21H22ClN3O5S2/c1-12-11-31-21(23-12)25-13(2)8-16(14(25)3)19(26)10-30-20(27)17-9-15(6-7-18(17)22)32(28,29)24(4)5/h6-9,11H,10H2,1-5H3. The maximum Gasteiger partial charge on any atom is 0.340 e. The van der Waals surface area contributed by atoms with Crippen LogP contribution in [0.1, 0.15) is 37.8 Å². The van der Waals surface area contributed by atoms with E-state index in [4.69, 9.17) is 16.3 Å². The van der Waals surface area contributed by atoms with Crippen molar-refractivity contribution in [3.8, 4) is 5.13 Å². The molecule has 8 nitrogen and oxygen atoms in total. The number of benzene rings is 1. The lowest BCUT2D eigenvalue weighted by atomic mass is 10.1. The molecule has 0 bridgehead atoms. The van der Waals surface area contributed by atoms with Gasteiger partial charge >= 0.3 is 5.97 Å². The number of aryl methyl sites for hydroxylation is 2. The highest BCUT2D eigenvalue weighted by Gasteiger charge is 2.23. The molecular formula is C21H22ClN3O5S2. The Hall–Kier alpha value is -2.53. The van der Waals surface area contributed by atoms with E-state index in [0.717, 1.165) is 26.9 Å². The van der Waals surface area contributed by atoms with Crippen molar-refractivity contribution in [2.24, 2.45) is 0 Å². The van der Waals surface area contributed by atoms with Gasteiger partial charge < -0.3 is 4.74 Å². The summed E-state index contributed by atoms with van der Waals surface area (Å²) in [5.41, 5.74) is 2.69. The van der Waals surface area contributed by atoms with Crippen molar-refractivity contribution in [1.82, 2.24) is 13.9 Å². The van der Waals surface area contributed by atoms with Gasteiger partial charge in [0, 0.05) is 36.4 Å². The van der Waals surface area contributed by atoms with Crippen molar-refractivity contribution in [3.05, 3.63) is 62.9 Å². The second kappa shape index (κ2) is 9.14. The first kappa shape index (κ1) is 24.1. The molecule has 0 radical (unpaired) electrons. The summed E-state index contributed by atoms with van der Waals surface area (Å²) < 4.78 is 32.7. The van der Waals surface area contributed by atoms with Crippen LogP contribution in [0.5, 0.6) is 0 Å². The minimum absolute atomic E-state index is 0.0254. The molecule has 0 spiro atoms. The zero-order chi connectivity index (χ0) is 23.8. The molecular weight excluding hydrogens is 474 g/mol. The van der Waals surface area contributed by atoms with E-state index >= 15 is 0 Å². The normalized spacial score (nSPS) is 11.7. The first-order chi connectivity index (χ1) is 14.9. The summed E-state index contributed by atoms with van der Waals surface area (Å²) in [7, 11) is -1.01. The summed E-state index contributed by atoms with van der Waals surface area (Å²) in [6, 6.07) is 5.47. The highest BCUT2D eigenvalue weighted by Crippen LogP contribution is 2.25. The summed E-state index contributed by atoms with van der Waals surface area (Å²) >= 11 is 7.54.